The number of aryl methyl sites for hydroxylation is 1. The Labute approximate surface area is 146 Å². The fourth-order valence-electron chi connectivity index (χ4n) is 2.73. The lowest BCUT2D eigenvalue weighted by Crippen LogP contribution is -2.18. The molecule has 1 aliphatic rings. The van der Waals surface area contributed by atoms with Crippen molar-refractivity contribution in [1.29, 1.82) is 5.26 Å². The van der Waals surface area contributed by atoms with Crippen LogP contribution in [0.1, 0.15) is 29.7 Å². The zero-order valence-corrected chi connectivity index (χ0v) is 14.3. The van der Waals surface area contributed by atoms with E-state index in [2.05, 4.69) is 26.9 Å². The van der Waals surface area contributed by atoms with Crippen LogP contribution < -0.4 is 10.6 Å². The highest BCUT2D eigenvalue weighted by Crippen LogP contribution is 2.25. The van der Waals surface area contributed by atoms with E-state index in [1.165, 1.54) is 6.07 Å². The summed E-state index contributed by atoms with van der Waals surface area (Å²) in [6.45, 7) is 4.97. The van der Waals surface area contributed by atoms with Crippen LogP contribution in [0.2, 0.25) is 0 Å². The predicted octanol–water partition coefficient (Wildman–Crippen LogP) is 3.44. The van der Waals surface area contributed by atoms with E-state index in [4.69, 9.17) is 4.74 Å². The van der Waals surface area contributed by atoms with Crippen molar-refractivity contribution in [2.75, 3.05) is 23.8 Å². The largest absolute Gasteiger partial charge is 0.380 e. The average Bonchev–Trinajstić information content (AvgIpc) is 3.11. The van der Waals surface area contributed by atoms with Crippen LogP contribution in [-0.4, -0.2) is 29.5 Å². The van der Waals surface area contributed by atoms with Gasteiger partial charge < -0.3 is 15.4 Å². The predicted molar refractivity (Wildman–Crippen MR) is 93.4 cm³/mol. The Morgan fingerprint density at radius 3 is 2.88 bits per heavy atom. The van der Waals surface area contributed by atoms with Crippen molar-refractivity contribution < 1.29 is 9.13 Å². The molecule has 0 radical (unpaired) electrons. The minimum Gasteiger partial charge on any atom is -0.380 e. The number of anilines is 3. The zero-order valence-electron chi connectivity index (χ0n) is 14.3. The molecule has 0 amide bonds. The van der Waals surface area contributed by atoms with Gasteiger partial charge in [-0.1, -0.05) is 0 Å². The molecule has 1 aromatic carbocycles. The molecular weight excluding hydrogens is 321 g/mol. The Morgan fingerprint density at radius 2 is 2.20 bits per heavy atom. The van der Waals surface area contributed by atoms with Gasteiger partial charge in [-0.15, -0.1) is 5.10 Å². The smallest absolute Gasteiger partial charge is 0.171 e. The van der Waals surface area contributed by atoms with Crippen molar-refractivity contribution in [3.63, 3.8) is 0 Å². The van der Waals surface area contributed by atoms with Crippen molar-refractivity contribution in [3.8, 4) is 6.07 Å². The van der Waals surface area contributed by atoms with Crippen LogP contribution in [0.4, 0.5) is 21.6 Å². The fourth-order valence-corrected chi connectivity index (χ4v) is 2.73. The quantitative estimate of drug-likeness (QED) is 0.867. The molecule has 130 valence electrons. The molecule has 0 saturated carbocycles. The molecule has 0 bridgehead atoms. The maximum absolute atomic E-state index is 14.3. The molecule has 0 unspecified atom stereocenters. The van der Waals surface area contributed by atoms with E-state index in [1.807, 2.05) is 6.92 Å². The number of nitrogens with zero attached hydrogens (tertiary/aromatic N) is 3. The van der Waals surface area contributed by atoms with Crippen LogP contribution in [0.3, 0.4) is 0 Å². The second-order valence-corrected chi connectivity index (χ2v) is 6.08. The summed E-state index contributed by atoms with van der Waals surface area (Å²) >= 11 is 0. The third-order valence-corrected chi connectivity index (χ3v) is 4.34. The van der Waals surface area contributed by atoms with Gasteiger partial charge in [-0.05, 0) is 50.5 Å². The number of ether oxygens (including phenoxy) is 1. The number of nitrogens with one attached hydrogen (secondary N) is 2. The highest BCUT2D eigenvalue weighted by Gasteiger charge is 2.16. The van der Waals surface area contributed by atoms with Crippen molar-refractivity contribution in [3.05, 3.63) is 40.8 Å². The molecule has 2 aromatic rings. The Hall–Kier alpha value is -2.72. The number of aromatic nitrogens is 2. The summed E-state index contributed by atoms with van der Waals surface area (Å²) < 4.78 is 19.8. The molecule has 1 atom stereocenters. The van der Waals surface area contributed by atoms with Gasteiger partial charge >= 0.3 is 0 Å². The van der Waals surface area contributed by atoms with Crippen LogP contribution in [0, 0.1) is 31.0 Å². The van der Waals surface area contributed by atoms with E-state index in [0.717, 1.165) is 25.0 Å². The Kier molecular flexibility index (Phi) is 5.10. The van der Waals surface area contributed by atoms with Crippen LogP contribution in [0.15, 0.2) is 18.2 Å². The summed E-state index contributed by atoms with van der Waals surface area (Å²) in [7, 11) is 0. The first-order valence-corrected chi connectivity index (χ1v) is 8.24. The number of nitriles is 1. The third kappa shape index (κ3) is 3.86. The molecule has 1 aromatic heterocycles. The summed E-state index contributed by atoms with van der Waals surface area (Å²) in [5.41, 5.74) is 2.80. The lowest BCUT2D eigenvalue weighted by Gasteiger charge is -2.14. The topological polar surface area (TPSA) is 82.9 Å². The van der Waals surface area contributed by atoms with Crippen molar-refractivity contribution >= 4 is 17.2 Å². The van der Waals surface area contributed by atoms with Gasteiger partial charge in [-0.2, -0.15) is 10.4 Å². The molecule has 2 heterocycles. The summed E-state index contributed by atoms with van der Waals surface area (Å²) in [6.07, 6.45) is 2.19. The van der Waals surface area contributed by atoms with E-state index in [0.29, 0.717) is 35.0 Å². The molecule has 0 spiro atoms. The van der Waals surface area contributed by atoms with E-state index in [1.54, 1.807) is 19.1 Å². The minimum atomic E-state index is -0.377. The lowest BCUT2D eigenvalue weighted by atomic mass is 10.1. The van der Waals surface area contributed by atoms with Gasteiger partial charge in [0.2, 0.25) is 0 Å². The van der Waals surface area contributed by atoms with E-state index >= 15 is 0 Å². The van der Waals surface area contributed by atoms with Gasteiger partial charge in [0.25, 0.3) is 0 Å². The normalized spacial score (nSPS) is 16.5. The monoisotopic (exact) mass is 341 g/mol. The molecule has 2 N–H and O–H groups in total. The lowest BCUT2D eigenvalue weighted by molar-refractivity contribution is 0.120. The van der Waals surface area contributed by atoms with Gasteiger partial charge in [-0.3, -0.25) is 0 Å². The standard InChI is InChI=1S/C18H20FN5O/c1-11-12(2)23-24-18(15(11)9-20)22-13-5-6-17(16(19)8-13)21-10-14-4-3-7-25-14/h5-6,8,14,21H,3-4,7,10H2,1-2H3,(H,22,24)/t14-/m1/s1. The summed E-state index contributed by atoms with van der Waals surface area (Å²) in [5, 5.41) is 23.4. The van der Waals surface area contributed by atoms with Crippen molar-refractivity contribution in [2.45, 2.75) is 32.8 Å². The SMILES string of the molecule is Cc1nnc(Nc2ccc(NC[C@H]3CCCO3)c(F)c2)c(C#N)c1C. The van der Waals surface area contributed by atoms with Crippen LogP contribution in [-0.2, 0) is 4.74 Å². The molecule has 7 heteroatoms. The number of halogens is 1. The summed E-state index contributed by atoms with van der Waals surface area (Å²) in [5.74, 6) is -0.0524. The van der Waals surface area contributed by atoms with E-state index in [-0.39, 0.29) is 11.9 Å². The van der Waals surface area contributed by atoms with Gasteiger partial charge in [0.05, 0.1) is 17.5 Å². The number of benzene rings is 1. The van der Waals surface area contributed by atoms with E-state index < -0.39 is 0 Å². The number of hydrogen-bond acceptors (Lipinski definition) is 6. The Morgan fingerprint density at radius 1 is 1.36 bits per heavy atom. The fraction of sp³-hybridized carbons (Fsp3) is 0.389. The summed E-state index contributed by atoms with van der Waals surface area (Å²) in [6, 6.07) is 6.88. The first kappa shape index (κ1) is 17.1. The zero-order chi connectivity index (χ0) is 17.8. The molecule has 3 rings (SSSR count). The van der Waals surface area contributed by atoms with Gasteiger partial charge in [-0.25, -0.2) is 4.39 Å². The van der Waals surface area contributed by atoms with E-state index in [9.17, 15) is 9.65 Å². The van der Waals surface area contributed by atoms with Gasteiger partial charge in [0, 0.05) is 18.8 Å². The van der Waals surface area contributed by atoms with Gasteiger partial charge in [0.1, 0.15) is 17.4 Å². The third-order valence-electron chi connectivity index (χ3n) is 4.34. The first-order chi connectivity index (χ1) is 12.1. The molecule has 6 nitrogen and oxygen atoms in total. The van der Waals surface area contributed by atoms with Crippen molar-refractivity contribution in [2.24, 2.45) is 0 Å². The number of hydrogen-bond donors (Lipinski definition) is 2. The second kappa shape index (κ2) is 7.45. The molecule has 1 saturated heterocycles. The van der Waals surface area contributed by atoms with Crippen LogP contribution in [0.5, 0.6) is 0 Å². The minimum absolute atomic E-state index is 0.140. The van der Waals surface area contributed by atoms with Crippen molar-refractivity contribution in [1.82, 2.24) is 10.2 Å². The summed E-state index contributed by atoms with van der Waals surface area (Å²) in [4.78, 5) is 0. The van der Waals surface area contributed by atoms with Gasteiger partial charge in [0.15, 0.2) is 5.82 Å². The highest BCUT2D eigenvalue weighted by atomic mass is 19.1. The maximum atomic E-state index is 14.3. The average molecular weight is 341 g/mol. The molecule has 0 aliphatic carbocycles. The molecular formula is C18H20FN5O. The number of rotatable bonds is 5. The second-order valence-electron chi connectivity index (χ2n) is 6.08. The van der Waals surface area contributed by atoms with Crippen LogP contribution >= 0.6 is 0 Å². The first-order valence-electron chi connectivity index (χ1n) is 8.24. The molecule has 25 heavy (non-hydrogen) atoms. The molecule has 1 aliphatic heterocycles. The molecule has 1 fully saturated rings. The Balaban J connectivity index is 1.73. The Bertz CT molecular complexity index is 812. The highest BCUT2D eigenvalue weighted by molar-refractivity contribution is 5.66. The van der Waals surface area contributed by atoms with Crippen LogP contribution in [0.25, 0.3) is 0 Å². The maximum Gasteiger partial charge on any atom is 0.171 e.